The molecule has 3 aromatic carbocycles. The van der Waals surface area contributed by atoms with E-state index in [1.807, 2.05) is 71.3 Å². The van der Waals surface area contributed by atoms with Crippen LogP contribution in [0.1, 0.15) is 28.8 Å². The zero-order valence-corrected chi connectivity index (χ0v) is 20.1. The minimum Gasteiger partial charge on any atom is -0.508 e. The SMILES string of the molecule is O=C(NC1CC1)c1ccc(-c2nc(NCCc3ccc(O)cc3)c3ncn(-c4ccccc4)c3n2)cc1. The van der Waals surface area contributed by atoms with Gasteiger partial charge < -0.3 is 15.7 Å². The van der Waals surface area contributed by atoms with Gasteiger partial charge in [0.25, 0.3) is 5.91 Å². The van der Waals surface area contributed by atoms with Crippen LogP contribution in [-0.4, -0.2) is 43.1 Å². The molecule has 2 aromatic heterocycles. The van der Waals surface area contributed by atoms with Crippen molar-refractivity contribution in [3.8, 4) is 22.8 Å². The third kappa shape index (κ3) is 4.99. The van der Waals surface area contributed by atoms with Gasteiger partial charge in [-0.05, 0) is 61.2 Å². The molecule has 0 unspecified atom stereocenters. The number of nitrogens with one attached hydrogen (secondary N) is 2. The van der Waals surface area contributed by atoms with Crippen LogP contribution in [0, 0.1) is 0 Å². The second-order valence-corrected chi connectivity index (χ2v) is 9.19. The number of rotatable bonds is 8. The Morgan fingerprint density at radius 1 is 0.946 bits per heavy atom. The number of carbonyl (C=O) groups is 1. The van der Waals surface area contributed by atoms with E-state index >= 15 is 0 Å². The largest absolute Gasteiger partial charge is 0.508 e. The molecule has 8 nitrogen and oxygen atoms in total. The van der Waals surface area contributed by atoms with Gasteiger partial charge in [0.15, 0.2) is 22.8 Å². The summed E-state index contributed by atoms with van der Waals surface area (Å²) in [6, 6.07) is 24.8. The van der Waals surface area contributed by atoms with Crippen LogP contribution < -0.4 is 10.6 Å². The Bertz CT molecular complexity index is 1540. The van der Waals surface area contributed by atoms with Crippen LogP contribution in [0.2, 0.25) is 0 Å². The predicted octanol–water partition coefficient (Wildman–Crippen LogP) is 4.73. The van der Waals surface area contributed by atoms with Crippen LogP contribution in [0.25, 0.3) is 28.2 Å². The van der Waals surface area contributed by atoms with Crippen molar-refractivity contribution in [3.63, 3.8) is 0 Å². The Balaban J connectivity index is 1.33. The summed E-state index contributed by atoms with van der Waals surface area (Å²) in [5.41, 5.74) is 4.87. The number of aromatic nitrogens is 4. The number of aromatic hydroxyl groups is 1. The molecule has 0 radical (unpaired) electrons. The summed E-state index contributed by atoms with van der Waals surface area (Å²) in [5, 5.41) is 16.0. The van der Waals surface area contributed by atoms with Crippen LogP contribution >= 0.6 is 0 Å². The fraction of sp³-hybridized carbons (Fsp3) is 0.172. The number of imidazole rings is 1. The lowest BCUT2D eigenvalue weighted by atomic mass is 10.1. The second-order valence-electron chi connectivity index (χ2n) is 9.19. The number of phenolic OH excluding ortho intramolecular Hbond substituents is 1. The minimum absolute atomic E-state index is 0.0517. The Labute approximate surface area is 214 Å². The minimum atomic E-state index is -0.0517. The van der Waals surface area contributed by atoms with Crippen molar-refractivity contribution in [2.75, 3.05) is 11.9 Å². The summed E-state index contributed by atoms with van der Waals surface area (Å²) in [6.07, 6.45) is 4.62. The number of nitrogens with zero attached hydrogens (tertiary/aromatic N) is 4. The van der Waals surface area contributed by atoms with Crippen LogP contribution in [0.3, 0.4) is 0 Å². The molecular formula is C29H26N6O2. The van der Waals surface area contributed by atoms with E-state index in [2.05, 4.69) is 15.6 Å². The molecule has 6 rings (SSSR count). The van der Waals surface area contributed by atoms with Crippen molar-refractivity contribution in [2.24, 2.45) is 0 Å². The van der Waals surface area contributed by atoms with Gasteiger partial charge >= 0.3 is 0 Å². The molecule has 0 bridgehead atoms. The van der Waals surface area contributed by atoms with Gasteiger partial charge in [-0.15, -0.1) is 0 Å². The average molecular weight is 491 g/mol. The van der Waals surface area contributed by atoms with Crippen molar-refractivity contribution in [3.05, 3.63) is 96.3 Å². The van der Waals surface area contributed by atoms with Gasteiger partial charge in [0.1, 0.15) is 12.1 Å². The van der Waals surface area contributed by atoms with E-state index in [9.17, 15) is 9.90 Å². The van der Waals surface area contributed by atoms with Gasteiger partial charge in [0, 0.05) is 29.4 Å². The Morgan fingerprint density at radius 3 is 2.43 bits per heavy atom. The number of benzene rings is 3. The van der Waals surface area contributed by atoms with Gasteiger partial charge in [0.2, 0.25) is 0 Å². The molecule has 1 saturated carbocycles. The molecule has 0 aliphatic heterocycles. The molecule has 1 fully saturated rings. The predicted molar refractivity (Wildman–Crippen MR) is 143 cm³/mol. The van der Waals surface area contributed by atoms with Crippen molar-refractivity contribution in [1.82, 2.24) is 24.8 Å². The van der Waals surface area contributed by atoms with Crippen molar-refractivity contribution in [2.45, 2.75) is 25.3 Å². The van der Waals surface area contributed by atoms with Crippen LogP contribution in [-0.2, 0) is 6.42 Å². The summed E-state index contributed by atoms with van der Waals surface area (Å²) in [7, 11) is 0. The maximum absolute atomic E-state index is 12.4. The second kappa shape index (κ2) is 9.73. The fourth-order valence-corrected chi connectivity index (χ4v) is 4.18. The molecule has 0 saturated heterocycles. The normalized spacial score (nSPS) is 13.0. The zero-order chi connectivity index (χ0) is 25.2. The third-order valence-electron chi connectivity index (χ3n) is 6.39. The molecule has 2 heterocycles. The van der Waals surface area contributed by atoms with Gasteiger partial charge in [-0.2, -0.15) is 0 Å². The maximum Gasteiger partial charge on any atom is 0.251 e. The maximum atomic E-state index is 12.4. The van der Waals surface area contributed by atoms with Crippen molar-refractivity contribution >= 4 is 22.9 Å². The van der Waals surface area contributed by atoms with Gasteiger partial charge in [-0.25, -0.2) is 15.0 Å². The number of amides is 1. The fourth-order valence-electron chi connectivity index (χ4n) is 4.18. The van der Waals surface area contributed by atoms with Gasteiger partial charge in [-0.3, -0.25) is 9.36 Å². The van der Waals surface area contributed by atoms with E-state index in [0.717, 1.165) is 36.1 Å². The molecule has 0 atom stereocenters. The summed E-state index contributed by atoms with van der Waals surface area (Å²) in [5.74, 6) is 1.39. The summed E-state index contributed by atoms with van der Waals surface area (Å²) in [4.78, 5) is 26.7. The van der Waals surface area contributed by atoms with Crippen molar-refractivity contribution in [1.29, 1.82) is 0 Å². The number of anilines is 1. The summed E-state index contributed by atoms with van der Waals surface area (Å²) in [6.45, 7) is 0.634. The van der Waals surface area contributed by atoms with E-state index in [1.165, 1.54) is 0 Å². The Morgan fingerprint density at radius 2 is 1.70 bits per heavy atom. The lowest BCUT2D eigenvalue weighted by Gasteiger charge is -2.11. The molecule has 8 heteroatoms. The van der Waals surface area contributed by atoms with E-state index < -0.39 is 0 Å². The topological polar surface area (TPSA) is 105 Å². The Hall–Kier alpha value is -4.72. The first-order valence-electron chi connectivity index (χ1n) is 12.4. The molecular weight excluding hydrogens is 464 g/mol. The molecule has 1 amide bonds. The van der Waals surface area contributed by atoms with E-state index in [0.29, 0.717) is 41.0 Å². The van der Waals surface area contributed by atoms with Gasteiger partial charge in [0.05, 0.1) is 0 Å². The first kappa shape index (κ1) is 22.7. The number of para-hydroxylation sites is 1. The van der Waals surface area contributed by atoms with Crippen LogP contribution in [0.15, 0.2) is 85.2 Å². The monoisotopic (exact) mass is 490 g/mol. The molecule has 3 N–H and O–H groups in total. The van der Waals surface area contributed by atoms with E-state index in [-0.39, 0.29) is 11.7 Å². The zero-order valence-electron chi connectivity index (χ0n) is 20.1. The lowest BCUT2D eigenvalue weighted by Crippen LogP contribution is -2.25. The molecule has 1 aliphatic carbocycles. The quantitative estimate of drug-likeness (QED) is 0.290. The number of fused-ring (bicyclic) bond motifs is 1. The first-order valence-corrected chi connectivity index (χ1v) is 12.4. The molecule has 0 spiro atoms. The van der Waals surface area contributed by atoms with Gasteiger partial charge in [-0.1, -0.05) is 42.5 Å². The molecule has 184 valence electrons. The number of carbonyl (C=O) groups excluding carboxylic acids is 1. The number of phenols is 1. The molecule has 1 aliphatic rings. The van der Waals surface area contributed by atoms with Crippen LogP contribution in [0.4, 0.5) is 5.82 Å². The summed E-state index contributed by atoms with van der Waals surface area (Å²) >= 11 is 0. The lowest BCUT2D eigenvalue weighted by molar-refractivity contribution is 0.0951. The highest BCUT2D eigenvalue weighted by molar-refractivity contribution is 5.95. The summed E-state index contributed by atoms with van der Waals surface area (Å²) < 4.78 is 1.95. The molecule has 5 aromatic rings. The highest BCUT2D eigenvalue weighted by atomic mass is 16.3. The number of hydrogen-bond donors (Lipinski definition) is 3. The van der Waals surface area contributed by atoms with E-state index in [4.69, 9.17) is 9.97 Å². The molecule has 37 heavy (non-hydrogen) atoms. The standard InChI is InChI=1S/C29H26N6O2/c36-24-14-6-19(7-15-24)16-17-30-27-25-28(35(18-31-25)23-4-2-1-3-5-23)34-26(33-27)20-8-10-21(11-9-20)29(37)32-22-12-13-22/h1-11,14-15,18,22,36H,12-13,16-17H2,(H,32,37)(H,30,33,34). The number of hydrogen-bond acceptors (Lipinski definition) is 6. The Kier molecular flexibility index (Phi) is 5.98. The van der Waals surface area contributed by atoms with Crippen LogP contribution in [0.5, 0.6) is 5.75 Å². The average Bonchev–Trinajstić information content (AvgIpc) is 3.65. The van der Waals surface area contributed by atoms with Crippen molar-refractivity contribution < 1.29 is 9.90 Å². The first-order chi connectivity index (χ1) is 18.1. The highest BCUT2D eigenvalue weighted by Gasteiger charge is 2.24. The third-order valence-corrected chi connectivity index (χ3v) is 6.39. The van der Waals surface area contributed by atoms with E-state index in [1.54, 1.807) is 18.5 Å². The smallest absolute Gasteiger partial charge is 0.251 e. The highest BCUT2D eigenvalue weighted by Crippen LogP contribution is 2.27.